The summed E-state index contributed by atoms with van der Waals surface area (Å²) in [4.78, 5) is 0. The van der Waals surface area contributed by atoms with Gasteiger partial charge in [0.2, 0.25) is 4.77 Å². The number of ether oxygens (including phenoxy) is 1. The van der Waals surface area contributed by atoms with Crippen LogP contribution < -0.4 is 4.74 Å². The molecule has 1 N–H and O–H groups in total. The Morgan fingerprint density at radius 1 is 1.42 bits per heavy atom. The van der Waals surface area contributed by atoms with Crippen LogP contribution in [-0.4, -0.2) is 21.1 Å². The van der Waals surface area contributed by atoms with Crippen molar-refractivity contribution in [3.63, 3.8) is 0 Å². The van der Waals surface area contributed by atoms with Crippen LogP contribution in [0, 0.1) is 4.77 Å². The summed E-state index contributed by atoms with van der Waals surface area (Å²) in [7, 11) is 0. The van der Waals surface area contributed by atoms with Gasteiger partial charge in [0.15, 0.2) is 5.82 Å². The monoisotopic (exact) mass is 362 g/mol. The molecule has 0 aliphatic rings. The Morgan fingerprint density at radius 3 is 3.08 bits per heavy atom. The maximum atomic E-state index is 5.92. The molecule has 0 fully saturated rings. The van der Waals surface area contributed by atoms with Crippen molar-refractivity contribution in [3.05, 3.63) is 63.5 Å². The van der Waals surface area contributed by atoms with Crippen LogP contribution in [0.15, 0.2) is 45.9 Å². The van der Waals surface area contributed by atoms with Crippen molar-refractivity contribution in [2.24, 2.45) is 5.10 Å². The van der Waals surface area contributed by atoms with Crippen LogP contribution in [0.3, 0.4) is 0 Å². The summed E-state index contributed by atoms with van der Waals surface area (Å²) in [5.41, 5.74) is 0. The number of hydrogen-bond acceptors (Lipinski definition) is 5. The summed E-state index contributed by atoms with van der Waals surface area (Å²) in [5, 5.41) is 11.7. The lowest BCUT2D eigenvalue weighted by molar-refractivity contribution is 0.270. The number of halogens is 1. The van der Waals surface area contributed by atoms with Crippen LogP contribution in [0.4, 0.5) is 0 Å². The van der Waals surface area contributed by atoms with Crippen molar-refractivity contribution in [3.8, 4) is 5.75 Å². The first-order valence-corrected chi connectivity index (χ1v) is 8.12. The van der Waals surface area contributed by atoms with Crippen molar-refractivity contribution >= 4 is 30.0 Å². The van der Waals surface area contributed by atoms with Crippen LogP contribution in [0.25, 0.3) is 0 Å². The molecular formula is C16H15ClN4O2S. The van der Waals surface area contributed by atoms with E-state index in [9.17, 15) is 0 Å². The molecule has 0 aliphatic carbocycles. The number of benzene rings is 1. The second kappa shape index (κ2) is 7.46. The number of aromatic nitrogens is 3. The van der Waals surface area contributed by atoms with Crippen LogP contribution in [0.1, 0.15) is 24.3 Å². The second-order valence-corrected chi connectivity index (χ2v) is 5.73. The van der Waals surface area contributed by atoms with Crippen LogP contribution in [0.2, 0.25) is 5.02 Å². The van der Waals surface area contributed by atoms with Gasteiger partial charge < -0.3 is 9.15 Å². The molecule has 0 bridgehead atoms. The van der Waals surface area contributed by atoms with Gasteiger partial charge in [-0.3, -0.25) is 5.10 Å². The van der Waals surface area contributed by atoms with E-state index in [1.54, 1.807) is 23.0 Å². The fraction of sp³-hybridized carbons (Fsp3) is 0.188. The molecule has 2 aromatic heterocycles. The molecule has 2 heterocycles. The Hall–Kier alpha value is -2.38. The van der Waals surface area contributed by atoms with Gasteiger partial charge in [-0.05, 0) is 42.5 Å². The zero-order valence-corrected chi connectivity index (χ0v) is 14.5. The second-order valence-electron chi connectivity index (χ2n) is 4.91. The summed E-state index contributed by atoms with van der Waals surface area (Å²) < 4.78 is 13.3. The predicted octanol–water partition coefficient (Wildman–Crippen LogP) is 4.21. The van der Waals surface area contributed by atoms with Crippen molar-refractivity contribution in [2.45, 2.75) is 20.0 Å². The molecule has 24 heavy (non-hydrogen) atoms. The van der Waals surface area contributed by atoms with E-state index in [4.69, 9.17) is 33.0 Å². The van der Waals surface area contributed by atoms with E-state index in [-0.39, 0.29) is 0 Å². The molecule has 0 amide bonds. The number of nitrogens with zero attached hydrogens (tertiary/aromatic N) is 3. The number of H-pyrrole nitrogens is 1. The lowest BCUT2D eigenvalue weighted by Crippen LogP contribution is -1.97. The molecule has 124 valence electrons. The van der Waals surface area contributed by atoms with Gasteiger partial charge in [0.25, 0.3) is 0 Å². The van der Waals surface area contributed by atoms with Crippen LogP contribution >= 0.6 is 23.8 Å². The third kappa shape index (κ3) is 3.93. The zero-order valence-electron chi connectivity index (χ0n) is 12.9. The Labute approximate surface area is 148 Å². The largest absolute Gasteiger partial charge is 0.486 e. The summed E-state index contributed by atoms with van der Waals surface area (Å²) in [6, 6.07) is 10.9. The van der Waals surface area contributed by atoms with E-state index in [0.717, 1.165) is 12.2 Å². The Bertz CT molecular complexity index is 913. The first kappa shape index (κ1) is 16.5. The topological polar surface area (TPSA) is 68.3 Å². The quantitative estimate of drug-likeness (QED) is 0.526. The molecule has 3 rings (SSSR count). The molecular weight excluding hydrogens is 348 g/mol. The molecule has 0 radical (unpaired) electrons. The van der Waals surface area contributed by atoms with Crippen molar-refractivity contribution in [1.82, 2.24) is 14.9 Å². The van der Waals surface area contributed by atoms with Crippen LogP contribution in [0.5, 0.6) is 5.75 Å². The molecule has 0 spiro atoms. The Kier molecular flexibility index (Phi) is 5.12. The smallest absolute Gasteiger partial charge is 0.216 e. The van der Waals surface area contributed by atoms with Gasteiger partial charge in [0, 0.05) is 11.4 Å². The van der Waals surface area contributed by atoms with Gasteiger partial charge >= 0.3 is 0 Å². The highest BCUT2D eigenvalue weighted by molar-refractivity contribution is 7.71. The number of aryl methyl sites for hydroxylation is 1. The molecule has 6 nitrogen and oxygen atoms in total. The summed E-state index contributed by atoms with van der Waals surface area (Å²) in [5.74, 6) is 2.73. The first-order valence-electron chi connectivity index (χ1n) is 7.33. The Balaban J connectivity index is 1.66. The number of nitrogens with one attached hydrogen (secondary N) is 1. The van der Waals surface area contributed by atoms with Gasteiger partial charge in [0.1, 0.15) is 23.9 Å². The third-order valence-electron chi connectivity index (χ3n) is 3.19. The number of furan rings is 1. The standard InChI is InChI=1S/C16H15ClN4O2S/c1-2-15-19-20-16(24)21(15)18-9-13-6-7-14(23-13)10-22-12-5-3-4-11(17)8-12/h3-9H,2,10H2,1H3,(H,20,24)/b18-9-. The normalized spacial score (nSPS) is 11.2. The fourth-order valence-corrected chi connectivity index (χ4v) is 2.42. The maximum Gasteiger partial charge on any atom is 0.216 e. The molecule has 0 atom stereocenters. The van der Waals surface area contributed by atoms with Crippen molar-refractivity contribution in [1.29, 1.82) is 0 Å². The van der Waals surface area contributed by atoms with E-state index >= 15 is 0 Å². The molecule has 3 aromatic rings. The van der Waals surface area contributed by atoms with Gasteiger partial charge in [-0.25, -0.2) is 0 Å². The van der Waals surface area contributed by atoms with Gasteiger partial charge in [-0.15, -0.1) is 0 Å². The van der Waals surface area contributed by atoms with Crippen molar-refractivity contribution < 1.29 is 9.15 Å². The lowest BCUT2D eigenvalue weighted by Gasteiger charge is -2.03. The average Bonchev–Trinajstić information content (AvgIpc) is 3.17. The lowest BCUT2D eigenvalue weighted by atomic mass is 10.3. The fourth-order valence-electron chi connectivity index (χ4n) is 2.04. The molecule has 0 saturated carbocycles. The first-order chi connectivity index (χ1) is 11.7. The molecule has 0 unspecified atom stereocenters. The van der Waals surface area contributed by atoms with Crippen molar-refractivity contribution in [2.75, 3.05) is 0 Å². The summed E-state index contributed by atoms with van der Waals surface area (Å²) >= 11 is 11.1. The van der Waals surface area contributed by atoms with E-state index in [1.807, 2.05) is 31.2 Å². The van der Waals surface area contributed by atoms with E-state index < -0.39 is 0 Å². The number of aromatic amines is 1. The zero-order chi connectivity index (χ0) is 16.9. The maximum absolute atomic E-state index is 5.92. The van der Waals surface area contributed by atoms with E-state index in [1.165, 1.54) is 0 Å². The highest BCUT2D eigenvalue weighted by atomic mass is 35.5. The van der Waals surface area contributed by atoms with Gasteiger partial charge in [-0.1, -0.05) is 24.6 Å². The summed E-state index contributed by atoms with van der Waals surface area (Å²) in [6.45, 7) is 2.29. The minimum atomic E-state index is 0.305. The molecule has 0 aliphatic heterocycles. The molecule has 8 heteroatoms. The van der Waals surface area contributed by atoms with E-state index in [0.29, 0.717) is 33.7 Å². The highest BCUT2D eigenvalue weighted by Gasteiger charge is 2.04. The minimum Gasteiger partial charge on any atom is -0.486 e. The Morgan fingerprint density at radius 2 is 2.29 bits per heavy atom. The van der Waals surface area contributed by atoms with Crippen LogP contribution in [-0.2, 0) is 13.0 Å². The van der Waals surface area contributed by atoms with Gasteiger partial charge in [-0.2, -0.15) is 14.9 Å². The molecule has 0 saturated heterocycles. The third-order valence-corrected chi connectivity index (χ3v) is 3.69. The number of rotatable bonds is 6. The van der Waals surface area contributed by atoms with Gasteiger partial charge in [0.05, 0.1) is 6.21 Å². The number of hydrogen-bond donors (Lipinski definition) is 1. The predicted molar refractivity (Wildman–Crippen MR) is 94.3 cm³/mol. The summed E-state index contributed by atoms with van der Waals surface area (Å²) in [6.07, 6.45) is 2.31. The average molecular weight is 363 g/mol. The van der Waals surface area contributed by atoms with E-state index in [2.05, 4.69) is 15.3 Å². The minimum absolute atomic E-state index is 0.305. The SMILES string of the molecule is CCc1n[nH]c(=S)n1/N=C\c1ccc(COc2cccc(Cl)c2)o1. The highest BCUT2D eigenvalue weighted by Crippen LogP contribution is 2.18. The molecule has 1 aromatic carbocycles.